The predicted octanol–water partition coefficient (Wildman–Crippen LogP) is 3.64. The Balaban J connectivity index is 2.45. The topological polar surface area (TPSA) is 29.9 Å². The van der Waals surface area contributed by atoms with Crippen LogP contribution in [0.2, 0.25) is 0 Å². The molecule has 0 amide bonds. The molecule has 0 aliphatic rings. The van der Waals surface area contributed by atoms with Crippen LogP contribution in [0.25, 0.3) is 5.69 Å². The highest BCUT2D eigenvalue weighted by Gasteiger charge is 2.17. The molecule has 0 fully saturated rings. The first-order valence-corrected chi connectivity index (χ1v) is 7.78. The molecule has 0 unspecified atom stereocenters. The summed E-state index contributed by atoms with van der Waals surface area (Å²) in [6, 6.07) is 6.82. The summed E-state index contributed by atoms with van der Waals surface area (Å²) in [5.41, 5.74) is 3.90. The van der Waals surface area contributed by atoms with Gasteiger partial charge in [0.1, 0.15) is 11.5 Å². The Bertz CT molecular complexity index is 590. The molecule has 0 radical (unpaired) electrons. The summed E-state index contributed by atoms with van der Waals surface area (Å²) in [5, 5.41) is 8.08. The molecule has 0 saturated heterocycles. The molecule has 0 bridgehead atoms. The van der Waals surface area contributed by atoms with Crippen molar-refractivity contribution in [2.24, 2.45) is 0 Å². The smallest absolute Gasteiger partial charge is 0.148 e. The molecule has 0 aliphatic carbocycles. The maximum absolute atomic E-state index is 14.1. The number of aromatic nitrogens is 2. The fraction of sp³-hybridized carbons (Fsp3) is 0.471. The number of hydrogen-bond donors (Lipinski definition) is 1. The number of nitrogens with one attached hydrogen (secondary N) is 1. The van der Waals surface area contributed by atoms with Crippen molar-refractivity contribution in [2.75, 3.05) is 6.54 Å². The second-order valence-corrected chi connectivity index (χ2v) is 5.12. The molecule has 0 spiro atoms. The number of benzene rings is 1. The molecule has 21 heavy (non-hydrogen) atoms. The van der Waals surface area contributed by atoms with Crippen LogP contribution in [-0.4, -0.2) is 16.3 Å². The van der Waals surface area contributed by atoms with E-state index < -0.39 is 0 Å². The van der Waals surface area contributed by atoms with Crippen LogP contribution in [0.4, 0.5) is 4.39 Å². The van der Waals surface area contributed by atoms with Crippen LogP contribution in [0.5, 0.6) is 0 Å². The second kappa shape index (κ2) is 7.36. The van der Waals surface area contributed by atoms with Gasteiger partial charge < -0.3 is 5.32 Å². The molecule has 1 N–H and O–H groups in total. The average molecular weight is 289 g/mol. The Morgan fingerprint density at radius 3 is 2.52 bits per heavy atom. The zero-order valence-corrected chi connectivity index (χ0v) is 13.1. The van der Waals surface area contributed by atoms with E-state index in [0.29, 0.717) is 5.69 Å². The molecular formula is C17H24FN3. The van der Waals surface area contributed by atoms with Crippen molar-refractivity contribution in [3.63, 3.8) is 0 Å². The highest BCUT2D eigenvalue weighted by molar-refractivity contribution is 5.39. The lowest BCUT2D eigenvalue weighted by Crippen LogP contribution is -2.16. The Morgan fingerprint density at radius 1 is 1.14 bits per heavy atom. The van der Waals surface area contributed by atoms with Crippen molar-refractivity contribution in [1.82, 2.24) is 15.1 Å². The molecule has 2 rings (SSSR count). The summed E-state index contributed by atoms with van der Waals surface area (Å²) in [6.07, 6.45) is 2.80. The van der Waals surface area contributed by atoms with Gasteiger partial charge in [0, 0.05) is 17.8 Å². The molecule has 114 valence electrons. The first-order valence-electron chi connectivity index (χ1n) is 7.78. The fourth-order valence-electron chi connectivity index (χ4n) is 2.60. The molecule has 1 heterocycles. The van der Waals surface area contributed by atoms with Gasteiger partial charge in [0.05, 0.1) is 5.69 Å². The third-order valence-electron chi connectivity index (χ3n) is 3.65. The van der Waals surface area contributed by atoms with E-state index in [-0.39, 0.29) is 5.82 Å². The van der Waals surface area contributed by atoms with Gasteiger partial charge in [-0.1, -0.05) is 32.9 Å². The van der Waals surface area contributed by atoms with Gasteiger partial charge in [0.25, 0.3) is 0 Å². The summed E-state index contributed by atoms with van der Waals surface area (Å²) >= 11 is 0. The van der Waals surface area contributed by atoms with Crippen molar-refractivity contribution in [3.05, 3.63) is 47.0 Å². The van der Waals surface area contributed by atoms with E-state index in [0.717, 1.165) is 43.7 Å². The van der Waals surface area contributed by atoms with Gasteiger partial charge >= 0.3 is 0 Å². The number of nitrogens with zero attached hydrogens (tertiary/aromatic N) is 2. The fourth-order valence-corrected chi connectivity index (χ4v) is 2.60. The van der Waals surface area contributed by atoms with E-state index in [9.17, 15) is 4.39 Å². The predicted molar refractivity (Wildman–Crippen MR) is 84.3 cm³/mol. The van der Waals surface area contributed by atoms with E-state index in [1.54, 1.807) is 16.8 Å². The Kier molecular flexibility index (Phi) is 5.51. The van der Waals surface area contributed by atoms with Crippen molar-refractivity contribution in [3.8, 4) is 5.69 Å². The average Bonchev–Trinajstić information content (AvgIpc) is 2.85. The summed E-state index contributed by atoms with van der Waals surface area (Å²) in [4.78, 5) is 0. The van der Waals surface area contributed by atoms with Gasteiger partial charge in [-0.3, -0.25) is 0 Å². The Morgan fingerprint density at radius 2 is 1.90 bits per heavy atom. The number of aryl methyl sites for hydroxylation is 1. The minimum Gasteiger partial charge on any atom is -0.313 e. The quantitative estimate of drug-likeness (QED) is 0.789. The van der Waals surface area contributed by atoms with Crippen molar-refractivity contribution in [1.29, 1.82) is 0 Å². The van der Waals surface area contributed by atoms with Gasteiger partial charge in [-0.05, 0) is 37.9 Å². The normalized spacial score (nSPS) is 11.0. The van der Waals surface area contributed by atoms with Gasteiger partial charge in [-0.15, -0.1) is 0 Å². The molecule has 4 heteroatoms. The lowest BCUT2D eigenvalue weighted by atomic mass is 10.1. The molecule has 0 atom stereocenters. The van der Waals surface area contributed by atoms with Gasteiger partial charge in [-0.25, -0.2) is 9.07 Å². The van der Waals surface area contributed by atoms with Crippen LogP contribution >= 0.6 is 0 Å². The number of para-hydroxylation sites is 1. The Hall–Kier alpha value is -1.68. The van der Waals surface area contributed by atoms with Crippen LogP contribution < -0.4 is 5.32 Å². The lowest BCUT2D eigenvalue weighted by Gasteiger charge is -2.09. The lowest BCUT2D eigenvalue weighted by molar-refractivity contribution is 0.605. The molecule has 1 aromatic carbocycles. The number of hydrogen-bond acceptors (Lipinski definition) is 2. The van der Waals surface area contributed by atoms with Crippen LogP contribution in [0.1, 0.15) is 44.1 Å². The maximum atomic E-state index is 14.1. The first-order chi connectivity index (χ1) is 10.2. The molecule has 0 saturated carbocycles. The van der Waals surface area contributed by atoms with Crippen molar-refractivity contribution >= 4 is 0 Å². The third kappa shape index (κ3) is 3.32. The van der Waals surface area contributed by atoms with Crippen molar-refractivity contribution in [2.45, 2.75) is 46.6 Å². The van der Waals surface area contributed by atoms with Crippen LogP contribution in [0, 0.1) is 5.82 Å². The van der Waals surface area contributed by atoms with E-state index in [2.05, 4.69) is 31.2 Å². The van der Waals surface area contributed by atoms with E-state index >= 15 is 0 Å². The summed E-state index contributed by atoms with van der Waals surface area (Å²) in [5.74, 6) is -0.231. The highest BCUT2D eigenvalue weighted by Crippen LogP contribution is 2.22. The van der Waals surface area contributed by atoms with Gasteiger partial charge in [-0.2, -0.15) is 5.10 Å². The molecule has 2 aromatic rings. The van der Waals surface area contributed by atoms with Crippen molar-refractivity contribution < 1.29 is 4.39 Å². The molecule has 1 aromatic heterocycles. The van der Waals surface area contributed by atoms with Crippen LogP contribution in [0.15, 0.2) is 24.3 Å². The SMILES string of the molecule is CCCNCc1c(CC)nn(-c2ccccc2F)c1CC. The van der Waals surface area contributed by atoms with E-state index in [1.165, 1.54) is 11.6 Å². The third-order valence-corrected chi connectivity index (χ3v) is 3.65. The monoisotopic (exact) mass is 289 g/mol. The minimum absolute atomic E-state index is 0.231. The summed E-state index contributed by atoms with van der Waals surface area (Å²) in [6.45, 7) is 8.12. The van der Waals surface area contributed by atoms with Gasteiger partial charge in [0.2, 0.25) is 0 Å². The summed E-state index contributed by atoms with van der Waals surface area (Å²) < 4.78 is 15.8. The largest absolute Gasteiger partial charge is 0.313 e. The van der Waals surface area contributed by atoms with Gasteiger partial charge in [0.15, 0.2) is 0 Å². The molecule has 3 nitrogen and oxygen atoms in total. The van der Waals surface area contributed by atoms with E-state index in [1.807, 2.05) is 6.07 Å². The number of rotatable bonds is 7. The second-order valence-electron chi connectivity index (χ2n) is 5.12. The minimum atomic E-state index is -0.231. The zero-order valence-electron chi connectivity index (χ0n) is 13.1. The molecule has 0 aliphatic heterocycles. The highest BCUT2D eigenvalue weighted by atomic mass is 19.1. The maximum Gasteiger partial charge on any atom is 0.148 e. The number of halogens is 1. The zero-order chi connectivity index (χ0) is 15.2. The van der Waals surface area contributed by atoms with Crippen LogP contribution in [0.3, 0.4) is 0 Å². The van der Waals surface area contributed by atoms with Crippen LogP contribution in [-0.2, 0) is 19.4 Å². The standard InChI is InChI=1S/C17H24FN3/c1-4-11-19-12-13-15(5-2)20-21(16(13)6-3)17-10-8-7-9-14(17)18/h7-10,19H,4-6,11-12H2,1-3H3. The Labute approximate surface area is 126 Å². The molecular weight excluding hydrogens is 265 g/mol. The van der Waals surface area contributed by atoms with E-state index in [4.69, 9.17) is 0 Å². The first kappa shape index (κ1) is 15.7. The summed E-state index contributed by atoms with van der Waals surface area (Å²) in [7, 11) is 0.